The molecule has 18 nitrogen and oxygen atoms in total. The topological polar surface area (TPSA) is 265 Å². The number of nitrogens with zero attached hydrogens (tertiary/aromatic N) is 6. The SMILES string of the molecule is CC(C)C1=C2[C@H]3CCC4[C@@]5(C)CC[C@H](OC(=O)CC(C)(Cc6nc(-c7nnc([C@@]89CC[C@]%10(C)[C@H](CC[C@@H]%11[C@@]%12(C)CC[C@H](OC(=O)CC(C)(C)C(=O)O)C(C)(C)C%12CC[C@]%11%10C)C8=C(C(C)C)C(=O)C9)o7)ccc6C(F)(F)F)C(=O)O)C(C)(C)C5CC[C@@]4(C)[C@]3(C)CC[C@@]2(c2nnc(-c3ccc(Br)cn3)o2)CC1=O. The molecule has 0 spiro atoms. The lowest BCUT2D eigenvalue weighted by Gasteiger charge is -2.72. The van der Waals surface area contributed by atoms with Crippen molar-refractivity contribution in [2.75, 3.05) is 0 Å². The molecule has 0 radical (unpaired) electrons. The number of aliphatic carboxylic acids is 2. The van der Waals surface area contributed by atoms with Crippen LogP contribution in [0.1, 0.15) is 269 Å². The number of pyridine rings is 2. The summed E-state index contributed by atoms with van der Waals surface area (Å²) in [5.41, 5.74) is -4.61. The van der Waals surface area contributed by atoms with Gasteiger partial charge in [0.15, 0.2) is 11.6 Å². The van der Waals surface area contributed by atoms with Crippen molar-refractivity contribution in [1.29, 1.82) is 0 Å². The molecule has 10 aliphatic carbocycles. The minimum Gasteiger partial charge on any atom is -0.481 e. The number of allylic oxidation sites excluding steroid dienone is 4. The predicted molar refractivity (Wildman–Crippen MR) is 395 cm³/mol. The van der Waals surface area contributed by atoms with Crippen LogP contribution in [0.25, 0.3) is 23.2 Å². The lowest BCUT2D eigenvalue weighted by Crippen LogP contribution is -2.66. The zero-order chi connectivity index (χ0) is 77.7. The van der Waals surface area contributed by atoms with E-state index in [9.17, 15) is 39.0 Å². The van der Waals surface area contributed by atoms with Crippen molar-refractivity contribution in [3.8, 4) is 23.2 Å². The molecule has 0 aliphatic heterocycles. The Balaban J connectivity index is 0.682. The van der Waals surface area contributed by atoms with Crippen LogP contribution in [0.5, 0.6) is 0 Å². The molecule has 0 bridgehead atoms. The Morgan fingerprint density at radius 2 is 1.00 bits per heavy atom. The van der Waals surface area contributed by atoms with E-state index < -0.39 is 87.3 Å². The number of ketones is 2. The number of carbonyl (C=O) groups excluding carboxylic acids is 4. The molecule has 22 heteroatoms. The number of hydrogen-bond donors (Lipinski definition) is 2. The maximum absolute atomic E-state index is 15.3. The highest BCUT2D eigenvalue weighted by Gasteiger charge is 2.74. The Hall–Kier alpha value is -6.45. The minimum atomic E-state index is -4.97. The van der Waals surface area contributed by atoms with Crippen LogP contribution in [-0.4, -0.2) is 88.2 Å². The Labute approximate surface area is 635 Å². The minimum absolute atomic E-state index is 0.00753. The predicted octanol–water partition coefficient (Wildman–Crippen LogP) is 18.9. The van der Waals surface area contributed by atoms with E-state index in [1.165, 1.54) is 26.3 Å². The summed E-state index contributed by atoms with van der Waals surface area (Å²) in [6.45, 7) is 36.0. The third-order valence-corrected chi connectivity index (χ3v) is 32.6. The number of carboxylic acid groups (broad SMARTS) is 2. The molecule has 8 saturated carbocycles. The average Bonchev–Trinajstić information content (AvgIpc) is 1.66. The number of alkyl halides is 3. The second kappa shape index (κ2) is 25.5. The number of hydrogen-bond acceptors (Lipinski definition) is 16. The molecule has 0 amide bonds. The van der Waals surface area contributed by atoms with Crippen LogP contribution in [0.2, 0.25) is 0 Å². The molecular weight excluding hydrogens is 1430 g/mol. The molecule has 4 aromatic rings. The number of rotatable bonds is 16. The van der Waals surface area contributed by atoms with Crippen molar-refractivity contribution < 1.29 is 70.5 Å². The normalized spacial score (nSPS) is 37.0. The summed E-state index contributed by atoms with van der Waals surface area (Å²) in [6, 6.07) is 5.71. The van der Waals surface area contributed by atoms with Crippen molar-refractivity contribution >= 4 is 51.4 Å². The van der Waals surface area contributed by atoms with E-state index in [-0.39, 0.29) is 127 Å². The molecule has 4 unspecified atom stereocenters. The van der Waals surface area contributed by atoms with E-state index in [4.69, 9.17) is 28.5 Å². The molecule has 0 aromatic carbocycles. The van der Waals surface area contributed by atoms with Crippen molar-refractivity contribution in [3.05, 3.63) is 80.3 Å². The van der Waals surface area contributed by atoms with Gasteiger partial charge in [0, 0.05) is 40.8 Å². The van der Waals surface area contributed by atoms with Crippen molar-refractivity contribution in [3.63, 3.8) is 0 Å². The summed E-state index contributed by atoms with van der Waals surface area (Å²) in [6.07, 6.45) is 6.98. The summed E-state index contributed by atoms with van der Waals surface area (Å²) in [7, 11) is 0. The Bertz CT molecular complexity index is 4400. The van der Waals surface area contributed by atoms with E-state index in [1.54, 1.807) is 6.20 Å². The molecule has 107 heavy (non-hydrogen) atoms. The monoisotopic (exact) mass is 1540 g/mol. The standard InChI is InChI=1S/C85H110BrF3N6O12/c1-44(2)63-53(96)39-83(69-94-92-67(106-69)50-22-18-46(86)43-90-50)36-34-79(14)48(65(63)83)20-24-58-78(13)31-29-60(75(9,10)56(78)27-33-82(58,79)17)105-62(99)42-76(11,72(102)103)38-52-47(85(87,88)89)19-23-51(91-52)68-93-95-70(107-68)84-37-35-80(15)49(66(84)64(45(3)4)54(97)40-84)21-25-57-77(12)30-28-59(104-61(98)41-73(5,6)71(100)101)74(7,8)55(77)26-32-81(57,80)16/h18-19,22-23,43-45,48-49,55-60H,20-21,24-42H2,1-17H3,(H,100,101)(H,102,103)/t48-,49-,55?,56?,57-,58?,59+,60+,76?,77+,78+,79-,80-,81-,82-,83-,84-/m1/s1. The highest BCUT2D eigenvalue weighted by Crippen LogP contribution is 2.79. The van der Waals surface area contributed by atoms with Gasteiger partial charge in [-0.1, -0.05) is 96.9 Å². The lowest BCUT2D eigenvalue weighted by atomic mass is 9.33. The summed E-state index contributed by atoms with van der Waals surface area (Å²) in [5, 5.41) is 39.3. The summed E-state index contributed by atoms with van der Waals surface area (Å²) in [5.74, 6) is -2.11. The summed E-state index contributed by atoms with van der Waals surface area (Å²) >= 11 is 3.47. The maximum Gasteiger partial charge on any atom is 0.418 e. The number of Topliss-reactive ketones (excluding diaryl/α,β-unsaturated/α-hetero) is 2. The van der Waals surface area contributed by atoms with Crippen LogP contribution >= 0.6 is 15.9 Å². The zero-order valence-electron chi connectivity index (χ0n) is 65.7. The smallest absolute Gasteiger partial charge is 0.418 e. The van der Waals surface area contributed by atoms with Crippen LogP contribution in [-0.2, 0) is 61.7 Å². The van der Waals surface area contributed by atoms with Gasteiger partial charge in [0.1, 0.15) is 23.6 Å². The lowest BCUT2D eigenvalue weighted by molar-refractivity contribution is -0.232. The molecule has 14 rings (SSSR count). The third-order valence-electron chi connectivity index (χ3n) is 32.2. The largest absolute Gasteiger partial charge is 0.481 e. The maximum atomic E-state index is 15.3. The second-order valence-corrected chi connectivity index (χ2v) is 40.1. The molecule has 580 valence electrons. The first kappa shape index (κ1) is 77.3. The fourth-order valence-electron chi connectivity index (χ4n) is 26.4. The van der Waals surface area contributed by atoms with E-state index in [2.05, 4.69) is 119 Å². The quantitative estimate of drug-likeness (QED) is 0.0987. The van der Waals surface area contributed by atoms with Gasteiger partial charge >= 0.3 is 30.1 Å². The molecule has 17 atom stereocenters. The van der Waals surface area contributed by atoms with Crippen molar-refractivity contribution in [2.45, 2.75) is 282 Å². The zero-order valence-corrected chi connectivity index (χ0v) is 67.3. The number of aromatic nitrogens is 6. The Morgan fingerprint density at radius 3 is 1.42 bits per heavy atom. The number of carbonyl (C=O) groups is 6. The van der Waals surface area contributed by atoms with E-state index in [0.29, 0.717) is 55.5 Å². The average molecular weight is 1540 g/mol. The van der Waals surface area contributed by atoms with Crippen LogP contribution < -0.4 is 0 Å². The van der Waals surface area contributed by atoms with E-state index >= 15 is 13.2 Å². The van der Waals surface area contributed by atoms with Gasteiger partial charge in [-0.15, -0.1) is 20.4 Å². The van der Waals surface area contributed by atoms with Gasteiger partial charge in [0.25, 0.3) is 11.8 Å². The highest BCUT2D eigenvalue weighted by molar-refractivity contribution is 9.10. The number of esters is 2. The van der Waals surface area contributed by atoms with Crippen molar-refractivity contribution in [1.82, 2.24) is 30.4 Å². The van der Waals surface area contributed by atoms with Crippen LogP contribution in [0.3, 0.4) is 0 Å². The van der Waals surface area contributed by atoms with Crippen LogP contribution in [0.4, 0.5) is 13.2 Å². The Kier molecular flexibility index (Phi) is 18.5. The number of carboxylic acids is 2. The fraction of sp³-hybridized carbons (Fsp3) is 0.718. The molecule has 10 aliphatic rings. The van der Waals surface area contributed by atoms with Gasteiger partial charge in [-0.2, -0.15) is 13.2 Å². The molecule has 4 heterocycles. The molecule has 8 fully saturated rings. The van der Waals surface area contributed by atoms with Gasteiger partial charge in [-0.25, -0.2) is 9.97 Å². The van der Waals surface area contributed by atoms with Crippen LogP contribution in [0, 0.1) is 101 Å². The van der Waals surface area contributed by atoms with Gasteiger partial charge in [0.2, 0.25) is 11.8 Å². The van der Waals surface area contributed by atoms with Gasteiger partial charge < -0.3 is 28.5 Å². The number of ether oxygens (including phenoxy) is 2. The van der Waals surface area contributed by atoms with Crippen LogP contribution in [0.15, 0.2) is 66.1 Å². The van der Waals surface area contributed by atoms with Gasteiger partial charge in [-0.05, 0) is 266 Å². The molecule has 2 N–H and O–H groups in total. The first-order valence-electron chi connectivity index (χ1n) is 39.5. The number of halogens is 4. The van der Waals surface area contributed by atoms with E-state index in [0.717, 1.165) is 110 Å². The first-order valence-corrected chi connectivity index (χ1v) is 40.3. The van der Waals surface area contributed by atoms with Gasteiger partial charge in [-0.3, -0.25) is 28.8 Å². The van der Waals surface area contributed by atoms with Crippen molar-refractivity contribution in [2.24, 2.45) is 101 Å². The second-order valence-electron chi connectivity index (χ2n) is 39.2. The fourth-order valence-corrected chi connectivity index (χ4v) is 26.7. The molecular formula is C85H110BrF3N6O12. The highest BCUT2D eigenvalue weighted by atomic mass is 79.9. The summed E-state index contributed by atoms with van der Waals surface area (Å²) in [4.78, 5) is 92.0. The molecule has 0 saturated heterocycles. The first-order chi connectivity index (χ1) is 49.7. The molecule has 4 aromatic heterocycles. The Morgan fingerprint density at radius 1 is 0.551 bits per heavy atom. The van der Waals surface area contributed by atoms with E-state index in [1.807, 2.05) is 26.0 Å². The summed E-state index contributed by atoms with van der Waals surface area (Å²) < 4.78 is 72.8. The third kappa shape index (κ3) is 11.5. The van der Waals surface area contributed by atoms with Gasteiger partial charge in [0.05, 0.1) is 45.8 Å². The number of fused-ring (bicyclic) bond motifs is 14.